The van der Waals surface area contributed by atoms with Crippen molar-refractivity contribution in [1.82, 2.24) is 0 Å². The molecule has 0 bridgehead atoms. The van der Waals surface area contributed by atoms with Crippen LogP contribution in [0.5, 0.6) is 0 Å². The van der Waals surface area contributed by atoms with E-state index >= 15 is 0 Å². The zero-order valence-electron chi connectivity index (χ0n) is 12.6. The Hall–Kier alpha value is 0.440. The van der Waals surface area contributed by atoms with Gasteiger partial charge in [0.25, 0.3) is 0 Å². The Bertz CT molecular complexity index is 495. The molecule has 1 unspecified atom stereocenters. The second-order valence-corrected chi connectivity index (χ2v) is 12.6. The van der Waals surface area contributed by atoms with E-state index in [9.17, 15) is 0 Å². The molecule has 0 radical (unpaired) electrons. The Balaban J connectivity index is 0.00000180. The number of fused-ring (bicyclic) bond motifs is 1. The van der Waals surface area contributed by atoms with Gasteiger partial charge in [-0.15, -0.1) is 0 Å². The van der Waals surface area contributed by atoms with Gasteiger partial charge in [0.2, 0.25) is 0 Å². The number of hydrogen-bond acceptors (Lipinski definition) is 1. The van der Waals surface area contributed by atoms with Crippen LogP contribution in [-0.2, 0) is 29.1 Å². The molecule has 0 saturated carbocycles. The van der Waals surface area contributed by atoms with E-state index in [0.29, 0.717) is 3.63 Å². The topological polar surface area (TPSA) is 9.23 Å². The molecule has 1 aromatic carbocycles. The number of halogens is 2. The predicted molar refractivity (Wildman–Crippen MR) is 75.4 cm³/mol. The first-order chi connectivity index (χ1) is 8.22. The first kappa shape index (κ1) is 20.4. The molecule has 109 valence electrons. The number of rotatable bonds is 2. The smallest absolute Gasteiger partial charge is 1.00 e. The van der Waals surface area contributed by atoms with Gasteiger partial charge in [0.1, 0.15) is 0 Å². The van der Waals surface area contributed by atoms with Crippen molar-refractivity contribution in [3.05, 3.63) is 41.2 Å². The molecule has 1 atom stereocenters. The van der Waals surface area contributed by atoms with Crippen LogP contribution in [0.1, 0.15) is 35.5 Å². The van der Waals surface area contributed by atoms with Crippen molar-refractivity contribution in [3.63, 3.8) is 0 Å². The van der Waals surface area contributed by atoms with Crippen molar-refractivity contribution in [2.45, 2.75) is 42.5 Å². The SMILES string of the molecule is CC(C)(C)[Si](C)(C)OC1=Cc2ccccc2[CH]1[Zr+2].[Cl-].[Cl-]. The Labute approximate surface area is 151 Å². The molecule has 0 aromatic heterocycles. The van der Waals surface area contributed by atoms with Gasteiger partial charge < -0.3 is 24.8 Å². The van der Waals surface area contributed by atoms with E-state index in [1.54, 1.807) is 0 Å². The van der Waals surface area contributed by atoms with Gasteiger partial charge in [0.15, 0.2) is 0 Å². The van der Waals surface area contributed by atoms with Crippen LogP contribution >= 0.6 is 0 Å². The second kappa shape index (κ2) is 7.13. The van der Waals surface area contributed by atoms with E-state index in [1.807, 2.05) is 0 Å². The Kier molecular flexibility index (Phi) is 7.29. The second-order valence-electron chi connectivity index (χ2n) is 6.47. The molecule has 20 heavy (non-hydrogen) atoms. The fraction of sp³-hybridized carbons (Fsp3) is 0.467. The Morgan fingerprint density at radius 2 is 1.65 bits per heavy atom. The van der Waals surface area contributed by atoms with Crippen molar-refractivity contribution in [1.29, 1.82) is 0 Å². The van der Waals surface area contributed by atoms with Crippen LogP contribution in [-0.4, -0.2) is 8.32 Å². The van der Waals surface area contributed by atoms with Gasteiger partial charge in [-0.1, -0.05) is 0 Å². The first-order valence-corrected chi connectivity index (χ1v) is 10.8. The zero-order valence-corrected chi connectivity index (χ0v) is 17.6. The third kappa shape index (κ3) is 4.00. The molecule has 5 heteroatoms. The summed E-state index contributed by atoms with van der Waals surface area (Å²) in [4.78, 5) is 0. The summed E-state index contributed by atoms with van der Waals surface area (Å²) in [5.74, 6) is 1.20. The van der Waals surface area contributed by atoms with E-state index in [0.717, 1.165) is 0 Å². The van der Waals surface area contributed by atoms with Crippen molar-refractivity contribution in [2.75, 3.05) is 0 Å². The third-order valence-corrected chi connectivity index (χ3v) is 9.89. The summed E-state index contributed by atoms with van der Waals surface area (Å²) in [5.41, 5.74) is 2.78. The average Bonchev–Trinajstić information content (AvgIpc) is 2.54. The van der Waals surface area contributed by atoms with Gasteiger partial charge in [-0.25, -0.2) is 0 Å². The molecule has 0 saturated heterocycles. The van der Waals surface area contributed by atoms with Gasteiger partial charge in [0, 0.05) is 0 Å². The molecule has 0 fully saturated rings. The molecular formula is C15H21Cl2OSiZr. The quantitative estimate of drug-likeness (QED) is 0.552. The molecule has 1 aliphatic rings. The maximum atomic E-state index is 6.48. The summed E-state index contributed by atoms with van der Waals surface area (Å²) in [6, 6.07) is 8.65. The molecule has 1 aliphatic carbocycles. The largest absolute Gasteiger partial charge is 1.00 e. The fourth-order valence-electron chi connectivity index (χ4n) is 1.83. The molecule has 0 aliphatic heterocycles. The number of benzene rings is 1. The summed E-state index contributed by atoms with van der Waals surface area (Å²) < 4.78 is 6.97. The van der Waals surface area contributed by atoms with Crippen LogP contribution in [0.2, 0.25) is 18.1 Å². The van der Waals surface area contributed by atoms with Gasteiger partial charge in [-0.3, -0.25) is 0 Å². The number of hydrogen-bond donors (Lipinski definition) is 0. The maximum Gasteiger partial charge on any atom is -1.00 e. The van der Waals surface area contributed by atoms with Gasteiger partial charge >= 0.3 is 127 Å². The third-order valence-electron chi connectivity index (χ3n) is 4.07. The van der Waals surface area contributed by atoms with E-state index in [-0.39, 0.29) is 29.9 Å². The summed E-state index contributed by atoms with van der Waals surface area (Å²) in [5, 5.41) is 0.262. The van der Waals surface area contributed by atoms with Crippen molar-refractivity contribution < 1.29 is 54.0 Å². The van der Waals surface area contributed by atoms with Gasteiger partial charge in [-0.05, 0) is 0 Å². The van der Waals surface area contributed by atoms with E-state index in [2.05, 4.69) is 64.2 Å². The molecular weight excluding hydrogens is 386 g/mol. The molecule has 0 N–H and O–H groups in total. The van der Waals surface area contributed by atoms with Crippen molar-refractivity contribution >= 4 is 14.4 Å². The Morgan fingerprint density at radius 1 is 1.10 bits per heavy atom. The van der Waals surface area contributed by atoms with Crippen LogP contribution in [0.4, 0.5) is 0 Å². The minimum absolute atomic E-state index is 0. The summed E-state index contributed by atoms with van der Waals surface area (Å²) in [6.45, 7) is 11.5. The van der Waals surface area contributed by atoms with Gasteiger partial charge in [0.05, 0.1) is 0 Å². The number of allylic oxidation sites excluding steroid dienone is 1. The monoisotopic (exact) mass is 405 g/mol. The van der Waals surface area contributed by atoms with Crippen LogP contribution in [0, 0.1) is 0 Å². The van der Waals surface area contributed by atoms with Crippen LogP contribution in [0.15, 0.2) is 30.0 Å². The van der Waals surface area contributed by atoms with E-state index < -0.39 is 8.32 Å². The molecule has 1 nitrogen and oxygen atoms in total. The summed E-state index contributed by atoms with van der Waals surface area (Å²) in [7, 11) is -1.70. The van der Waals surface area contributed by atoms with Crippen molar-refractivity contribution in [3.8, 4) is 0 Å². The maximum absolute atomic E-state index is 6.48. The van der Waals surface area contributed by atoms with Gasteiger partial charge in [-0.2, -0.15) is 0 Å². The van der Waals surface area contributed by atoms with Crippen LogP contribution < -0.4 is 24.8 Å². The summed E-state index contributed by atoms with van der Waals surface area (Å²) in [6.07, 6.45) is 2.25. The molecule has 2 rings (SSSR count). The molecule has 0 amide bonds. The fourth-order valence-corrected chi connectivity index (χ4v) is 4.19. The van der Waals surface area contributed by atoms with Crippen LogP contribution in [0.3, 0.4) is 0 Å². The minimum atomic E-state index is -1.70. The molecule has 1 aromatic rings. The minimum Gasteiger partial charge on any atom is -1.00 e. The van der Waals surface area contributed by atoms with Crippen LogP contribution in [0.25, 0.3) is 6.08 Å². The standard InChI is InChI=1S/C15H21OSi.2ClH.Zr/c1-15(2,3)17(4,5)16-14-10-12-8-6-7-9-13(12)11-14;;;/h6-11H,1-5H3;2*1H;/q;;;+2/p-2. The van der Waals surface area contributed by atoms with Crippen molar-refractivity contribution in [2.24, 2.45) is 0 Å². The molecule has 0 heterocycles. The Morgan fingerprint density at radius 3 is 2.15 bits per heavy atom. The average molecular weight is 408 g/mol. The zero-order chi connectivity index (χ0) is 13.6. The van der Waals surface area contributed by atoms with E-state index in [1.165, 1.54) is 41.6 Å². The normalized spacial score (nSPS) is 17.6. The summed E-state index contributed by atoms with van der Waals surface area (Å²) >= 11 is 1.52. The first-order valence-electron chi connectivity index (χ1n) is 6.43. The van der Waals surface area contributed by atoms with E-state index in [4.69, 9.17) is 4.43 Å². The predicted octanol–water partition coefficient (Wildman–Crippen LogP) is -1.34. The molecule has 0 spiro atoms.